The quantitative estimate of drug-likeness (QED) is 0.629. The minimum Gasteiger partial charge on any atom is -0.497 e. The van der Waals surface area contributed by atoms with Gasteiger partial charge >= 0.3 is 5.97 Å². The van der Waals surface area contributed by atoms with Gasteiger partial charge in [-0.15, -0.1) is 11.3 Å². The molecule has 2 amide bonds. The number of hydrogen-bond donors (Lipinski definition) is 2. The molecule has 0 fully saturated rings. The van der Waals surface area contributed by atoms with E-state index in [4.69, 9.17) is 9.47 Å². The Labute approximate surface area is 160 Å². The molecule has 0 unspecified atom stereocenters. The van der Waals surface area contributed by atoms with Gasteiger partial charge in [0.2, 0.25) is 5.91 Å². The fourth-order valence-corrected chi connectivity index (χ4v) is 2.79. The van der Waals surface area contributed by atoms with Crippen LogP contribution in [0.15, 0.2) is 29.6 Å². The SMILES string of the molecule is CCCNC(=O)CNC(=O)COC(=O)c1csc(-c2ccc(OC)cc2)n1. The summed E-state index contributed by atoms with van der Waals surface area (Å²) in [5.74, 6) is -0.818. The molecule has 0 aliphatic heterocycles. The van der Waals surface area contributed by atoms with Crippen LogP contribution in [0.5, 0.6) is 5.75 Å². The van der Waals surface area contributed by atoms with Crippen LogP contribution < -0.4 is 15.4 Å². The lowest BCUT2D eigenvalue weighted by molar-refractivity contribution is -0.127. The minimum absolute atomic E-state index is 0.124. The van der Waals surface area contributed by atoms with E-state index in [1.54, 1.807) is 24.6 Å². The first-order valence-corrected chi connectivity index (χ1v) is 9.22. The van der Waals surface area contributed by atoms with E-state index in [0.717, 1.165) is 17.7 Å². The monoisotopic (exact) mass is 391 g/mol. The Bertz CT molecular complexity index is 789. The summed E-state index contributed by atoms with van der Waals surface area (Å²) in [5.41, 5.74) is 0.968. The average Bonchev–Trinajstić information content (AvgIpc) is 3.19. The summed E-state index contributed by atoms with van der Waals surface area (Å²) >= 11 is 1.29. The number of esters is 1. The van der Waals surface area contributed by atoms with Crippen molar-refractivity contribution in [2.24, 2.45) is 0 Å². The molecule has 0 saturated carbocycles. The van der Waals surface area contributed by atoms with Crippen LogP contribution in [0.2, 0.25) is 0 Å². The molecule has 0 radical (unpaired) electrons. The third-order valence-electron chi connectivity index (χ3n) is 3.40. The smallest absolute Gasteiger partial charge is 0.358 e. The fraction of sp³-hybridized carbons (Fsp3) is 0.333. The average molecular weight is 391 g/mol. The number of carbonyl (C=O) groups excluding carboxylic acids is 3. The Balaban J connectivity index is 1.81. The molecule has 0 spiro atoms. The number of amides is 2. The Hall–Kier alpha value is -2.94. The highest BCUT2D eigenvalue weighted by Gasteiger charge is 2.15. The van der Waals surface area contributed by atoms with Gasteiger partial charge in [0, 0.05) is 17.5 Å². The Morgan fingerprint density at radius 2 is 1.85 bits per heavy atom. The van der Waals surface area contributed by atoms with Gasteiger partial charge in [0.05, 0.1) is 13.7 Å². The van der Waals surface area contributed by atoms with Gasteiger partial charge in [-0.2, -0.15) is 0 Å². The zero-order valence-electron chi connectivity index (χ0n) is 15.1. The van der Waals surface area contributed by atoms with Crippen LogP contribution in [-0.4, -0.2) is 49.6 Å². The van der Waals surface area contributed by atoms with Crippen LogP contribution in [0.3, 0.4) is 0 Å². The number of methoxy groups -OCH3 is 1. The van der Waals surface area contributed by atoms with E-state index in [1.807, 2.05) is 19.1 Å². The Morgan fingerprint density at radius 3 is 2.52 bits per heavy atom. The number of nitrogens with zero attached hydrogens (tertiary/aromatic N) is 1. The van der Waals surface area contributed by atoms with Crippen molar-refractivity contribution in [3.63, 3.8) is 0 Å². The standard InChI is InChI=1S/C18H21N3O5S/c1-3-8-19-15(22)9-20-16(23)10-26-18(24)14-11-27-17(21-14)12-4-6-13(25-2)7-5-12/h4-7,11H,3,8-10H2,1-2H3,(H,19,22)(H,20,23). The molecule has 27 heavy (non-hydrogen) atoms. The third-order valence-corrected chi connectivity index (χ3v) is 4.29. The Kier molecular flexibility index (Phi) is 7.75. The highest BCUT2D eigenvalue weighted by atomic mass is 32.1. The van der Waals surface area contributed by atoms with Crippen molar-refractivity contribution >= 4 is 29.1 Å². The lowest BCUT2D eigenvalue weighted by atomic mass is 10.2. The van der Waals surface area contributed by atoms with Gasteiger partial charge in [-0.05, 0) is 30.7 Å². The van der Waals surface area contributed by atoms with Crippen LogP contribution in [0.25, 0.3) is 10.6 Å². The second-order valence-electron chi connectivity index (χ2n) is 5.47. The first kappa shape index (κ1) is 20.4. The van der Waals surface area contributed by atoms with Crippen LogP contribution in [0, 0.1) is 0 Å². The number of benzene rings is 1. The maximum Gasteiger partial charge on any atom is 0.358 e. The molecule has 2 aromatic rings. The molecule has 0 bridgehead atoms. The van der Waals surface area contributed by atoms with Gasteiger partial charge in [-0.25, -0.2) is 9.78 Å². The zero-order valence-corrected chi connectivity index (χ0v) is 15.9. The van der Waals surface area contributed by atoms with Crippen molar-refractivity contribution in [3.8, 4) is 16.3 Å². The first-order valence-electron chi connectivity index (χ1n) is 8.34. The number of aromatic nitrogens is 1. The number of thiazole rings is 1. The second kappa shape index (κ2) is 10.3. The minimum atomic E-state index is -0.698. The maximum atomic E-state index is 12.0. The lowest BCUT2D eigenvalue weighted by Gasteiger charge is -2.06. The van der Waals surface area contributed by atoms with E-state index < -0.39 is 18.5 Å². The molecular weight excluding hydrogens is 370 g/mol. The molecule has 1 aromatic carbocycles. The highest BCUT2D eigenvalue weighted by Crippen LogP contribution is 2.25. The number of nitrogens with one attached hydrogen (secondary N) is 2. The van der Waals surface area contributed by atoms with E-state index >= 15 is 0 Å². The van der Waals surface area contributed by atoms with Crippen LogP contribution in [0.1, 0.15) is 23.8 Å². The molecule has 0 saturated heterocycles. The van der Waals surface area contributed by atoms with Gasteiger partial charge < -0.3 is 20.1 Å². The van der Waals surface area contributed by atoms with Gasteiger partial charge in [-0.1, -0.05) is 6.92 Å². The van der Waals surface area contributed by atoms with E-state index in [0.29, 0.717) is 11.6 Å². The van der Waals surface area contributed by atoms with Gasteiger partial charge in [0.1, 0.15) is 10.8 Å². The van der Waals surface area contributed by atoms with E-state index in [9.17, 15) is 14.4 Å². The largest absolute Gasteiger partial charge is 0.497 e. The van der Waals surface area contributed by atoms with Gasteiger partial charge in [0.25, 0.3) is 5.91 Å². The molecule has 1 aromatic heterocycles. The zero-order chi connectivity index (χ0) is 19.6. The van der Waals surface area contributed by atoms with Crippen LogP contribution in [0.4, 0.5) is 0 Å². The van der Waals surface area contributed by atoms with Crippen LogP contribution >= 0.6 is 11.3 Å². The van der Waals surface area contributed by atoms with Crippen molar-refractivity contribution < 1.29 is 23.9 Å². The molecule has 0 aliphatic carbocycles. The molecule has 9 heteroatoms. The number of ether oxygens (including phenoxy) is 2. The molecular formula is C18H21N3O5S. The number of rotatable bonds is 9. The second-order valence-corrected chi connectivity index (χ2v) is 6.33. The summed E-state index contributed by atoms with van der Waals surface area (Å²) in [5, 5.41) is 7.23. The van der Waals surface area contributed by atoms with E-state index in [2.05, 4.69) is 15.6 Å². The first-order chi connectivity index (χ1) is 13.0. The third kappa shape index (κ3) is 6.37. The van der Waals surface area contributed by atoms with E-state index in [1.165, 1.54) is 11.3 Å². The molecule has 144 valence electrons. The van der Waals surface area contributed by atoms with Crippen molar-refractivity contribution in [1.82, 2.24) is 15.6 Å². The van der Waals surface area contributed by atoms with Gasteiger partial charge in [-0.3, -0.25) is 9.59 Å². The molecule has 8 nitrogen and oxygen atoms in total. The predicted octanol–water partition coefficient (Wildman–Crippen LogP) is 1.62. The van der Waals surface area contributed by atoms with Crippen LogP contribution in [-0.2, 0) is 14.3 Å². The van der Waals surface area contributed by atoms with Crippen molar-refractivity contribution in [3.05, 3.63) is 35.3 Å². The summed E-state index contributed by atoms with van der Waals surface area (Å²) in [7, 11) is 1.58. The molecule has 2 N–H and O–H groups in total. The molecule has 0 aliphatic rings. The number of carbonyl (C=O) groups is 3. The highest BCUT2D eigenvalue weighted by molar-refractivity contribution is 7.13. The summed E-state index contributed by atoms with van der Waals surface area (Å²) in [6.45, 7) is 1.84. The molecule has 0 atom stereocenters. The van der Waals surface area contributed by atoms with E-state index in [-0.39, 0.29) is 18.1 Å². The molecule has 1 heterocycles. The summed E-state index contributed by atoms with van der Waals surface area (Å²) in [4.78, 5) is 39.3. The lowest BCUT2D eigenvalue weighted by Crippen LogP contribution is -2.38. The maximum absolute atomic E-state index is 12.0. The Morgan fingerprint density at radius 1 is 1.11 bits per heavy atom. The molecule has 2 rings (SSSR count). The summed E-state index contributed by atoms with van der Waals surface area (Å²) in [6.07, 6.45) is 0.809. The fourth-order valence-electron chi connectivity index (χ4n) is 2.00. The summed E-state index contributed by atoms with van der Waals surface area (Å²) in [6, 6.07) is 7.28. The van der Waals surface area contributed by atoms with Gasteiger partial charge in [0.15, 0.2) is 12.3 Å². The van der Waals surface area contributed by atoms with Crippen molar-refractivity contribution in [2.75, 3.05) is 26.8 Å². The van der Waals surface area contributed by atoms with Crippen molar-refractivity contribution in [2.45, 2.75) is 13.3 Å². The normalized spacial score (nSPS) is 10.1. The predicted molar refractivity (Wildman–Crippen MR) is 101 cm³/mol. The van der Waals surface area contributed by atoms with Crippen molar-refractivity contribution in [1.29, 1.82) is 0 Å². The summed E-state index contributed by atoms with van der Waals surface area (Å²) < 4.78 is 10.0. The number of hydrogen-bond acceptors (Lipinski definition) is 7. The topological polar surface area (TPSA) is 107 Å².